The molecular formula is C24H37F3N2O3. The van der Waals surface area contributed by atoms with Gasteiger partial charge in [-0.3, -0.25) is 0 Å². The Morgan fingerprint density at radius 2 is 1.84 bits per heavy atom. The van der Waals surface area contributed by atoms with Crippen LogP contribution in [-0.4, -0.2) is 55.4 Å². The molecule has 1 saturated carbocycles. The van der Waals surface area contributed by atoms with Gasteiger partial charge in [-0.05, 0) is 64.5 Å². The van der Waals surface area contributed by atoms with Gasteiger partial charge >= 0.3 is 6.18 Å². The van der Waals surface area contributed by atoms with Crippen LogP contribution >= 0.6 is 0 Å². The Kier molecular flexibility index (Phi) is 8.99. The van der Waals surface area contributed by atoms with Crippen LogP contribution in [0.25, 0.3) is 0 Å². The molecule has 0 aliphatic heterocycles. The largest absolute Gasteiger partial charge is 0.496 e. The minimum absolute atomic E-state index is 0.0142. The second-order valence-corrected chi connectivity index (χ2v) is 8.75. The minimum Gasteiger partial charge on any atom is -0.496 e. The van der Waals surface area contributed by atoms with E-state index >= 15 is 0 Å². The zero-order chi connectivity index (χ0) is 24.1. The Balaban J connectivity index is 2.41. The first kappa shape index (κ1) is 26.5. The van der Waals surface area contributed by atoms with Gasteiger partial charge in [0.05, 0.1) is 31.3 Å². The summed E-state index contributed by atoms with van der Waals surface area (Å²) in [6, 6.07) is 2.84. The Morgan fingerprint density at radius 3 is 2.34 bits per heavy atom. The maximum absolute atomic E-state index is 14.4. The lowest BCUT2D eigenvalue weighted by atomic mass is 9.71. The van der Waals surface area contributed by atoms with Crippen LogP contribution in [-0.2, 0) is 10.3 Å². The molecular weight excluding hydrogens is 421 g/mol. The van der Waals surface area contributed by atoms with E-state index in [0.29, 0.717) is 24.1 Å². The SMILES string of the molecule is CCC(C)OC1CCC(C(O)(c2cc(C)c(N=CN(C)CC)cc2OC)C(F)(F)F)CC1. The van der Waals surface area contributed by atoms with Crippen molar-refractivity contribution in [2.75, 3.05) is 20.7 Å². The molecule has 32 heavy (non-hydrogen) atoms. The molecule has 2 unspecified atom stereocenters. The quantitative estimate of drug-likeness (QED) is 0.379. The van der Waals surface area contributed by atoms with Crippen LogP contribution < -0.4 is 4.74 Å². The third-order valence-corrected chi connectivity index (χ3v) is 6.52. The summed E-state index contributed by atoms with van der Waals surface area (Å²) < 4.78 is 54.5. The minimum atomic E-state index is -4.85. The van der Waals surface area contributed by atoms with Gasteiger partial charge in [-0.15, -0.1) is 0 Å². The molecule has 0 aromatic heterocycles. The van der Waals surface area contributed by atoms with E-state index in [1.165, 1.54) is 19.2 Å². The van der Waals surface area contributed by atoms with E-state index in [-0.39, 0.29) is 36.4 Å². The van der Waals surface area contributed by atoms with Crippen LogP contribution in [0, 0.1) is 12.8 Å². The fraction of sp³-hybridized carbons (Fsp3) is 0.708. The van der Waals surface area contributed by atoms with Gasteiger partial charge < -0.3 is 19.5 Å². The molecule has 0 saturated heterocycles. The van der Waals surface area contributed by atoms with Crippen LogP contribution in [0.15, 0.2) is 17.1 Å². The Hall–Kier alpha value is -1.80. The van der Waals surface area contributed by atoms with Crippen molar-refractivity contribution in [1.82, 2.24) is 4.90 Å². The van der Waals surface area contributed by atoms with E-state index in [9.17, 15) is 18.3 Å². The Morgan fingerprint density at radius 1 is 1.22 bits per heavy atom. The molecule has 1 fully saturated rings. The van der Waals surface area contributed by atoms with Crippen LogP contribution in [0.1, 0.15) is 64.0 Å². The average molecular weight is 459 g/mol. The standard InChI is InChI=1S/C24H37F3N2O3/c1-7-17(4)32-19-11-9-18(10-12-19)23(30,24(25,26)27)20-13-16(3)21(14-22(20)31-6)28-15-29(5)8-2/h13-15,17-19,30H,7-12H2,1-6H3. The zero-order valence-corrected chi connectivity index (χ0v) is 20.0. The maximum Gasteiger partial charge on any atom is 0.421 e. The number of methoxy groups -OCH3 is 1. The van der Waals surface area contributed by atoms with Crippen molar-refractivity contribution in [3.8, 4) is 5.75 Å². The summed E-state index contributed by atoms with van der Waals surface area (Å²) in [5, 5.41) is 11.2. The molecule has 2 atom stereocenters. The van der Waals surface area contributed by atoms with Gasteiger partial charge in [-0.2, -0.15) is 13.2 Å². The van der Waals surface area contributed by atoms with Crippen LogP contribution in [0.4, 0.5) is 18.9 Å². The number of rotatable bonds is 9. The lowest BCUT2D eigenvalue weighted by Gasteiger charge is -2.42. The van der Waals surface area contributed by atoms with E-state index in [1.807, 2.05) is 32.7 Å². The lowest BCUT2D eigenvalue weighted by Crippen LogP contribution is -2.50. The summed E-state index contributed by atoms with van der Waals surface area (Å²) in [6.45, 7) is 8.38. The van der Waals surface area contributed by atoms with Crippen molar-refractivity contribution in [1.29, 1.82) is 0 Å². The highest BCUT2D eigenvalue weighted by atomic mass is 19.4. The maximum atomic E-state index is 14.4. The summed E-state index contributed by atoms with van der Waals surface area (Å²) >= 11 is 0. The average Bonchev–Trinajstić information content (AvgIpc) is 2.76. The third-order valence-electron chi connectivity index (χ3n) is 6.52. The number of hydrogen-bond donors (Lipinski definition) is 1. The fourth-order valence-electron chi connectivity index (χ4n) is 4.17. The number of ether oxygens (including phenoxy) is 2. The van der Waals surface area contributed by atoms with Gasteiger partial charge in [-0.1, -0.05) is 6.92 Å². The van der Waals surface area contributed by atoms with Crippen molar-refractivity contribution in [3.63, 3.8) is 0 Å². The van der Waals surface area contributed by atoms with Crippen molar-refractivity contribution in [3.05, 3.63) is 23.3 Å². The molecule has 1 aromatic carbocycles. The van der Waals surface area contributed by atoms with E-state index in [0.717, 1.165) is 13.0 Å². The topological polar surface area (TPSA) is 54.3 Å². The van der Waals surface area contributed by atoms with E-state index in [4.69, 9.17) is 9.47 Å². The molecule has 2 rings (SSSR count). The molecule has 0 bridgehead atoms. The molecule has 1 aliphatic carbocycles. The first-order valence-corrected chi connectivity index (χ1v) is 11.4. The number of halogens is 3. The highest BCUT2D eigenvalue weighted by molar-refractivity contribution is 5.65. The highest BCUT2D eigenvalue weighted by Gasteiger charge is 2.61. The smallest absolute Gasteiger partial charge is 0.421 e. The summed E-state index contributed by atoms with van der Waals surface area (Å²) in [5.74, 6) is -0.993. The monoisotopic (exact) mass is 458 g/mol. The van der Waals surface area contributed by atoms with E-state index in [2.05, 4.69) is 4.99 Å². The number of alkyl halides is 3. The van der Waals surface area contributed by atoms with Gasteiger partial charge in [0, 0.05) is 31.1 Å². The summed E-state index contributed by atoms with van der Waals surface area (Å²) in [7, 11) is 3.17. The van der Waals surface area contributed by atoms with Gasteiger partial charge in [0.2, 0.25) is 0 Å². The normalized spacial score (nSPS) is 22.6. The molecule has 0 radical (unpaired) electrons. The first-order chi connectivity index (χ1) is 15.0. The molecule has 182 valence electrons. The van der Waals surface area contributed by atoms with Crippen molar-refractivity contribution in [2.24, 2.45) is 10.9 Å². The third kappa shape index (κ3) is 5.76. The van der Waals surface area contributed by atoms with Crippen molar-refractivity contribution >= 4 is 12.0 Å². The molecule has 0 amide bonds. The number of hydrogen-bond acceptors (Lipinski definition) is 4. The number of aliphatic imine (C=N–C) groups is 1. The molecule has 8 heteroatoms. The molecule has 1 N–H and O–H groups in total. The molecule has 0 heterocycles. The predicted molar refractivity (Wildman–Crippen MR) is 121 cm³/mol. The Labute approximate surface area is 189 Å². The van der Waals surface area contributed by atoms with Crippen molar-refractivity contribution in [2.45, 2.75) is 83.8 Å². The van der Waals surface area contributed by atoms with Gasteiger partial charge in [0.1, 0.15) is 5.75 Å². The molecule has 1 aromatic rings. The van der Waals surface area contributed by atoms with Gasteiger partial charge in [-0.25, -0.2) is 4.99 Å². The van der Waals surface area contributed by atoms with Crippen LogP contribution in [0.5, 0.6) is 5.75 Å². The number of benzene rings is 1. The van der Waals surface area contributed by atoms with Crippen LogP contribution in [0.3, 0.4) is 0 Å². The Bertz CT molecular complexity index is 776. The van der Waals surface area contributed by atoms with Gasteiger partial charge in [0.25, 0.3) is 0 Å². The highest BCUT2D eigenvalue weighted by Crippen LogP contribution is 2.52. The second-order valence-electron chi connectivity index (χ2n) is 8.75. The second kappa shape index (κ2) is 10.9. The molecule has 0 spiro atoms. The fourth-order valence-corrected chi connectivity index (χ4v) is 4.17. The van der Waals surface area contributed by atoms with Crippen molar-refractivity contribution < 1.29 is 27.8 Å². The van der Waals surface area contributed by atoms with E-state index < -0.39 is 17.7 Å². The summed E-state index contributed by atoms with van der Waals surface area (Å²) in [5.41, 5.74) is -2.22. The molecule has 5 nitrogen and oxygen atoms in total. The lowest BCUT2D eigenvalue weighted by molar-refractivity contribution is -0.292. The summed E-state index contributed by atoms with van der Waals surface area (Å²) in [6.07, 6.45) is -0.964. The van der Waals surface area contributed by atoms with Gasteiger partial charge in [0.15, 0.2) is 5.60 Å². The van der Waals surface area contributed by atoms with E-state index in [1.54, 1.807) is 13.3 Å². The number of aryl methyl sites for hydroxylation is 1. The summed E-state index contributed by atoms with van der Waals surface area (Å²) in [4.78, 5) is 6.22. The van der Waals surface area contributed by atoms with Crippen LogP contribution in [0.2, 0.25) is 0 Å². The molecule has 1 aliphatic rings. The number of aliphatic hydroxyl groups is 1. The first-order valence-electron chi connectivity index (χ1n) is 11.4. The zero-order valence-electron chi connectivity index (χ0n) is 20.0. The number of nitrogens with zero attached hydrogens (tertiary/aromatic N) is 2. The predicted octanol–water partition coefficient (Wildman–Crippen LogP) is 5.74.